The number of nitrogens with zero attached hydrogens (tertiary/aromatic N) is 3. The first-order valence-electron chi connectivity index (χ1n) is 6.28. The minimum atomic E-state index is -0.955. The Bertz CT molecular complexity index is 490. The van der Waals surface area contributed by atoms with Crippen molar-refractivity contribution in [1.29, 1.82) is 0 Å². The van der Waals surface area contributed by atoms with E-state index in [4.69, 9.17) is 5.11 Å². The summed E-state index contributed by atoms with van der Waals surface area (Å²) in [6.45, 7) is 4.41. The molecule has 1 fully saturated rings. The molecular formula is C13H17N3O3. The van der Waals surface area contributed by atoms with Crippen LogP contribution in [0.15, 0.2) is 18.3 Å². The lowest BCUT2D eigenvalue weighted by Crippen LogP contribution is -2.33. The van der Waals surface area contributed by atoms with Gasteiger partial charge in [-0.2, -0.15) is 0 Å². The fourth-order valence-electron chi connectivity index (χ4n) is 2.19. The van der Waals surface area contributed by atoms with E-state index in [1.807, 2.05) is 4.90 Å². The maximum Gasteiger partial charge on any atom is 0.335 e. The number of aromatic carboxylic acids is 1. The van der Waals surface area contributed by atoms with Gasteiger partial charge in [-0.05, 0) is 18.6 Å². The molecule has 0 bridgehead atoms. The van der Waals surface area contributed by atoms with Gasteiger partial charge >= 0.3 is 5.97 Å². The monoisotopic (exact) mass is 263 g/mol. The van der Waals surface area contributed by atoms with Crippen molar-refractivity contribution >= 4 is 17.7 Å². The molecule has 1 amide bonds. The van der Waals surface area contributed by atoms with Crippen LogP contribution in [0.3, 0.4) is 0 Å². The summed E-state index contributed by atoms with van der Waals surface area (Å²) in [6.07, 6.45) is 2.37. The van der Waals surface area contributed by atoms with Gasteiger partial charge in [0, 0.05) is 39.3 Å². The number of amides is 1. The highest BCUT2D eigenvalue weighted by molar-refractivity contribution is 5.88. The fourth-order valence-corrected chi connectivity index (χ4v) is 2.19. The van der Waals surface area contributed by atoms with E-state index in [0.29, 0.717) is 18.9 Å². The first-order valence-corrected chi connectivity index (χ1v) is 6.28. The summed E-state index contributed by atoms with van der Waals surface area (Å²) in [5.41, 5.74) is 0.234. The molecule has 1 aliphatic rings. The fraction of sp³-hybridized carbons (Fsp3) is 0.462. The SMILES string of the molecule is CC(=O)N1CCCN(c2cc(C(=O)O)ccn2)CC1. The average Bonchev–Trinajstić information content (AvgIpc) is 2.64. The normalized spacial score (nSPS) is 16.1. The molecule has 6 nitrogen and oxygen atoms in total. The number of anilines is 1. The summed E-state index contributed by atoms with van der Waals surface area (Å²) < 4.78 is 0. The van der Waals surface area contributed by atoms with E-state index in [0.717, 1.165) is 19.5 Å². The predicted octanol–water partition coefficient (Wildman–Crippen LogP) is 0.838. The zero-order chi connectivity index (χ0) is 13.8. The smallest absolute Gasteiger partial charge is 0.335 e. The lowest BCUT2D eigenvalue weighted by Gasteiger charge is -2.22. The molecular weight excluding hydrogens is 246 g/mol. The number of aromatic nitrogens is 1. The van der Waals surface area contributed by atoms with Crippen LogP contribution in [0.5, 0.6) is 0 Å². The van der Waals surface area contributed by atoms with E-state index in [1.54, 1.807) is 17.9 Å². The number of carbonyl (C=O) groups is 2. The molecule has 1 aliphatic heterocycles. The molecule has 0 atom stereocenters. The number of hydrogen-bond acceptors (Lipinski definition) is 4. The van der Waals surface area contributed by atoms with Crippen molar-refractivity contribution in [2.75, 3.05) is 31.1 Å². The standard InChI is InChI=1S/C13H17N3O3/c1-10(17)15-5-2-6-16(8-7-15)12-9-11(13(18)19)3-4-14-12/h3-4,9H,2,5-8H2,1H3,(H,18,19). The van der Waals surface area contributed by atoms with Crippen LogP contribution in [0.1, 0.15) is 23.7 Å². The van der Waals surface area contributed by atoms with E-state index in [-0.39, 0.29) is 11.5 Å². The quantitative estimate of drug-likeness (QED) is 0.855. The molecule has 0 spiro atoms. The Morgan fingerprint density at radius 2 is 2.05 bits per heavy atom. The second-order valence-electron chi connectivity index (χ2n) is 4.55. The largest absolute Gasteiger partial charge is 0.478 e. The highest BCUT2D eigenvalue weighted by atomic mass is 16.4. The molecule has 0 radical (unpaired) electrons. The first kappa shape index (κ1) is 13.3. The maximum atomic E-state index is 11.4. The molecule has 1 aromatic rings. The van der Waals surface area contributed by atoms with E-state index in [2.05, 4.69) is 4.98 Å². The van der Waals surface area contributed by atoms with Crippen LogP contribution in [0, 0.1) is 0 Å². The summed E-state index contributed by atoms with van der Waals surface area (Å²) in [7, 11) is 0. The third kappa shape index (κ3) is 3.21. The molecule has 1 saturated heterocycles. The van der Waals surface area contributed by atoms with Crippen molar-refractivity contribution in [2.45, 2.75) is 13.3 Å². The first-order chi connectivity index (χ1) is 9.08. The summed E-state index contributed by atoms with van der Waals surface area (Å²) in [4.78, 5) is 30.3. The number of carboxylic acid groups (broad SMARTS) is 1. The van der Waals surface area contributed by atoms with Gasteiger partial charge in [-0.3, -0.25) is 4.79 Å². The minimum absolute atomic E-state index is 0.0779. The number of carboxylic acids is 1. The minimum Gasteiger partial charge on any atom is -0.478 e. The molecule has 6 heteroatoms. The molecule has 2 heterocycles. The van der Waals surface area contributed by atoms with Crippen molar-refractivity contribution in [3.05, 3.63) is 23.9 Å². The van der Waals surface area contributed by atoms with Crippen molar-refractivity contribution in [3.8, 4) is 0 Å². The zero-order valence-electron chi connectivity index (χ0n) is 10.9. The lowest BCUT2D eigenvalue weighted by molar-refractivity contribution is -0.128. The Morgan fingerprint density at radius 1 is 1.26 bits per heavy atom. The molecule has 1 N–H and O–H groups in total. The Balaban J connectivity index is 2.12. The highest BCUT2D eigenvalue weighted by Gasteiger charge is 2.18. The molecule has 0 unspecified atom stereocenters. The van der Waals surface area contributed by atoms with Crippen molar-refractivity contribution < 1.29 is 14.7 Å². The number of pyridine rings is 1. The van der Waals surface area contributed by atoms with Gasteiger partial charge in [-0.1, -0.05) is 0 Å². The van der Waals surface area contributed by atoms with E-state index >= 15 is 0 Å². The average molecular weight is 263 g/mol. The van der Waals surface area contributed by atoms with Gasteiger partial charge in [0.1, 0.15) is 5.82 Å². The topological polar surface area (TPSA) is 73.7 Å². The Morgan fingerprint density at radius 3 is 2.74 bits per heavy atom. The maximum absolute atomic E-state index is 11.4. The van der Waals surface area contributed by atoms with Crippen LogP contribution in [0.2, 0.25) is 0 Å². The molecule has 0 aromatic carbocycles. The molecule has 102 valence electrons. The third-order valence-electron chi connectivity index (χ3n) is 3.26. The summed E-state index contributed by atoms with van der Waals surface area (Å²) in [5, 5.41) is 8.98. The molecule has 0 saturated carbocycles. The van der Waals surface area contributed by atoms with Crippen molar-refractivity contribution in [3.63, 3.8) is 0 Å². The summed E-state index contributed by atoms with van der Waals surface area (Å²) in [5.74, 6) is -0.219. The van der Waals surface area contributed by atoms with Gasteiger partial charge in [-0.25, -0.2) is 9.78 Å². The van der Waals surface area contributed by atoms with Crippen LogP contribution in [0.25, 0.3) is 0 Å². The molecule has 2 rings (SSSR count). The highest BCUT2D eigenvalue weighted by Crippen LogP contribution is 2.15. The second kappa shape index (κ2) is 5.69. The van der Waals surface area contributed by atoms with Crippen LogP contribution in [-0.2, 0) is 4.79 Å². The van der Waals surface area contributed by atoms with Gasteiger partial charge in [0.15, 0.2) is 0 Å². The number of rotatable bonds is 2. The summed E-state index contributed by atoms with van der Waals surface area (Å²) in [6, 6.07) is 3.05. The van der Waals surface area contributed by atoms with Gasteiger partial charge in [0.05, 0.1) is 5.56 Å². The number of carbonyl (C=O) groups excluding carboxylic acids is 1. The van der Waals surface area contributed by atoms with Crippen LogP contribution < -0.4 is 4.90 Å². The number of hydrogen-bond donors (Lipinski definition) is 1. The Labute approximate surface area is 111 Å². The zero-order valence-corrected chi connectivity index (χ0v) is 10.9. The van der Waals surface area contributed by atoms with Crippen LogP contribution in [0.4, 0.5) is 5.82 Å². The lowest BCUT2D eigenvalue weighted by atomic mass is 10.2. The van der Waals surface area contributed by atoms with Crippen LogP contribution >= 0.6 is 0 Å². The van der Waals surface area contributed by atoms with Gasteiger partial charge < -0.3 is 14.9 Å². The van der Waals surface area contributed by atoms with E-state index in [9.17, 15) is 9.59 Å². The predicted molar refractivity (Wildman–Crippen MR) is 70.3 cm³/mol. The Hall–Kier alpha value is -2.11. The van der Waals surface area contributed by atoms with Gasteiger partial charge in [0.25, 0.3) is 0 Å². The van der Waals surface area contributed by atoms with Crippen molar-refractivity contribution in [1.82, 2.24) is 9.88 Å². The van der Waals surface area contributed by atoms with E-state index in [1.165, 1.54) is 12.3 Å². The second-order valence-corrected chi connectivity index (χ2v) is 4.55. The van der Waals surface area contributed by atoms with Gasteiger partial charge in [0.2, 0.25) is 5.91 Å². The Kier molecular flexibility index (Phi) is 3.99. The third-order valence-corrected chi connectivity index (χ3v) is 3.26. The summed E-state index contributed by atoms with van der Waals surface area (Å²) >= 11 is 0. The molecule has 1 aromatic heterocycles. The van der Waals surface area contributed by atoms with Gasteiger partial charge in [-0.15, -0.1) is 0 Å². The van der Waals surface area contributed by atoms with Crippen molar-refractivity contribution in [2.24, 2.45) is 0 Å². The molecule has 19 heavy (non-hydrogen) atoms. The van der Waals surface area contributed by atoms with Crippen LogP contribution in [-0.4, -0.2) is 53.0 Å². The van der Waals surface area contributed by atoms with E-state index < -0.39 is 5.97 Å². The molecule has 0 aliphatic carbocycles.